The number of rotatable bonds is 4. The molecule has 3 heterocycles. The van der Waals surface area contributed by atoms with E-state index < -0.39 is 0 Å². The zero-order valence-corrected chi connectivity index (χ0v) is 13.1. The number of aromatic nitrogens is 2. The van der Waals surface area contributed by atoms with E-state index in [1.165, 1.54) is 17.7 Å². The van der Waals surface area contributed by atoms with Crippen LogP contribution in [0.15, 0.2) is 6.07 Å². The van der Waals surface area contributed by atoms with E-state index >= 15 is 0 Å². The molecule has 1 saturated heterocycles. The number of ether oxygens (including phenoxy) is 1. The Morgan fingerprint density at radius 3 is 3.10 bits per heavy atom. The third-order valence-corrected chi connectivity index (χ3v) is 4.88. The minimum atomic E-state index is 0.275. The Kier molecular flexibility index (Phi) is 4.38. The molecular formula is C14H18ClN3OS. The lowest BCUT2D eigenvalue weighted by molar-refractivity contribution is 0.0247. The smallest absolute Gasteiger partial charge is 0.225 e. The van der Waals surface area contributed by atoms with Crippen molar-refractivity contribution in [2.45, 2.75) is 38.7 Å². The maximum atomic E-state index is 6.01. The average molecular weight is 312 g/mol. The molecule has 2 aromatic rings. The van der Waals surface area contributed by atoms with Crippen molar-refractivity contribution in [2.24, 2.45) is 0 Å². The van der Waals surface area contributed by atoms with E-state index in [2.05, 4.69) is 28.3 Å². The van der Waals surface area contributed by atoms with E-state index in [1.807, 2.05) is 0 Å². The van der Waals surface area contributed by atoms with E-state index in [-0.39, 0.29) is 6.10 Å². The van der Waals surface area contributed by atoms with Crippen molar-refractivity contribution in [1.29, 1.82) is 0 Å². The Bertz CT molecular complexity index is 595. The molecule has 2 aromatic heterocycles. The Labute approximate surface area is 127 Å². The molecule has 0 spiro atoms. The summed E-state index contributed by atoms with van der Waals surface area (Å²) in [6, 6.07) is 2.15. The molecule has 1 fully saturated rings. The van der Waals surface area contributed by atoms with Crippen molar-refractivity contribution in [3.8, 4) is 0 Å². The number of thiophene rings is 1. The maximum Gasteiger partial charge on any atom is 0.225 e. The minimum Gasteiger partial charge on any atom is -0.376 e. The predicted octanol–water partition coefficient (Wildman–Crippen LogP) is 3.89. The molecule has 1 aliphatic rings. The molecule has 3 rings (SSSR count). The van der Waals surface area contributed by atoms with Gasteiger partial charge in [-0.3, -0.25) is 0 Å². The minimum absolute atomic E-state index is 0.275. The highest BCUT2D eigenvalue weighted by molar-refractivity contribution is 7.18. The van der Waals surface area contributed by atoms with E-state index in [0.717, 1.165) is 42.0 Å². The Morgan fingerprint density at radius 1 is 1.45 bits per heavy atom. The van der Waals surface area contributed by atoms with Gasteiger partial charge in [0.25, 0.3) is 0 Å². The summed E-state index contributed by atoms with van der Waals surface area (Å²) in [6.07, 6.45) is 4.80. The summed E-state index contributed by atoms with van der Waals surface area (Å²) in [5, 5.41) is 4.74. The number of nitrogens with one attached hydrogen (secondary N) is 1. The van der Waals surface area contributed by atoms with Gasteiger partial charge in [-0.1, -0.05) is 6.92 Å². The van der Waals surface area contributed by atoms with Crippen molar-refractivity contribution in [1.82, 2.24) is 9.97 Å². The Morgan fingerprint density at radius 2 is 2.35 bits per heavy atom. The number of anilines is 1. The molecule has 0 aliphatic carbocycles. The molecule has 0 bridgehead atoms. The maximum absolute atomic E-state index is 6.01. The molecule has 0 radical (unpaired) electrons. The molecule has 0 amide bonds. The van der Waals surface area contributed by atoms with Gasteiger partial charge in [-0.05, 0) is 43.4 Å². The summed E-state index contributed by atoms with van der Waals surface area (Å²) in [5.41, 5.74) is 0. The second-order valence-electron chi connectivity index (χ2n) is 5.00. The van der Waals surface area contributed by atoms with E-state index in [9.17, 15) is 0 Å². The fourth-order valence-electron chi connectivity index (χ4n) is 2.43. The van der Waals surface area contributed by atoms with E-state index in [1.54, 1.807) is 11.3 Å². The highest BCUT2D eigenvalue weighted by Gasteiger charge is 2.15. The molecule has 108 valence electrons. The first-order valence-electron chi connectivity index (χ1n) is 7.07. The van der Waals surface area contributed by atoms with Crippen LogP contribution in [0.2, 0.25) is 5.28 Å². The topological polar surface area (TPSA) is 47.0 Å². The molecule has 1 N–H and O–H groups in total. The monoisotopic (exact) mass is 311 g/mol. The van der Waals surface area contributed by atoms with Crippen LogP contribution in [-0.2, 0) is 11.2 Å². The molecule has 20 heavy (non-hydrogen) atoms. The van der Waals surface area contributed by atoms with Gasteiger partial charge in [0, 0.05) is 18.0 Å². The summed E-state index contributed by atoms with van der Waals surface area (Å²) in [5.74, 6) is 0.824. The number of fused-ring (bicyclic) bond motifs is 1. The molecular weight excluding hydrogens is 294 g/mol. The van der Waals surface area contributed by atoms with Crippen molar-refractivity contribution >= 4 is 39.0 Å². The van der Waals surface area contributed by atoms with Crippen LogP contribution in [0.25, 0.3) is 10.2 Å². The van der Waals surface area contributed by atoms with Crippen molar-refractivity contribution < 1.29 is 4.74 Å². The first-order chi connectivity index (χ1) is 9.76. The largest absolute Gasteiger partial charge is 0.376 e. The molecule has 1 atom stereocenters. The number of aryl methyl sites for hydroxylation is 1. The number of hydrogen-bond donors (Lipinski definition) is 1. The van der Waals surface area contributed by atoms with Gasteiger partial charge in [-0.25, -0.2) is 9.97 Å². The zero-order valence-electron chi connectivity index (χ0n) is 11.5. The lowest BCUT2D eigenvalue weighted by Gasteiger charge is -2.23. The van der Waals surface area contributed by atoms with Crippen molar-refractivity contribution in [3.05, 3.63) is 16.2 Å². The summed E-state index contributed by atoms with van der Waals surface area (Å²) in [6.45, 7) is 3.78. The summed E-state index contributed by atoms with van der Waals surface area (Å²) < 4.78 is 5.73. The van der Waals surface area contributed by atoms with Gasteiger partial charge in [0.2, 0.25) is 5.28 Å². The van der Waals surface area contributed by atoms with Crippen LogP contribution in [-0.4, -0.2) is 29.2 Å². The lowest BCUT2D eigenvalue weighted by Crippen LogP contribution is -2.27. The highest BCUT2D eigenvalue weighted by Crippen LogP contribution is 2.30. The van der Waals surface area contributed by atoms with Gasteiger partial charge in [0.05, 0.1) is 11.5 Å². The number of hydrogen-bond acceptors (Lipinski definition) is 5. The molecule has 4 nitrogen and oxygen atoms in total. The van der Waals surface area contributed by atoms with Crippen LogP contribution in [0, 0.1) is 0 Å². The van der Waals surface area contributed by atoms with E-state index in [4.69, 9.17) is 16.3 Å². The second-order valence-corrected chi connectivity index (χ2v) is 6.45. The quantitative estimate of drug-likeness (QED) is 0.870. The lowest BCUT2D eigenvalue weighted by atomic mass is 10.1. The van der Waals surface area contributed by atoms with Gasteiger partial charge in [0.15, 0.2) is 0 Å². The normalized spacial score (nSPS) is 19.4. The fourth-order valence-corrected chi connectivity index (χ4v) is 3.62. The summed E-state index contributed by atoms with van der Waals surface area (Å²) in [7, 11) is 0. The molecule has 1 aliphatic heterocycles. The first kappa shape index (κ1) is 14.0. The zero-order chi connectivity index (χ0) is 13.9. The van der Waals surface area contributed by atoms with Gasteiger partial charge < -0.3 is 10.1 Å². The van der Waals surface area contributed by atoms with Crippen LogP contribution in [0.5, 0.6) is 0 Å². The van der Waals surface area contributed by atoms with Crippen molar-refractivity contribution in [3.63, 3.8) is 0 Å². The molecule has 6 heteroatoms. The van der Waals surface area contributed by atoms with Crippen LogP contribution in [0.4, 0.5) is 5.82 Å². The highest BCUT2D eigenvalue weighted by atomic mass is 35.5. The predicted molar refractivity (Wildman–Crippen MR) is 83.9 cm³/mol. The number of halogens is 1. The van der Waals surface area contributed by atoms with Crippen molar-refractivity contribution in [2.75, 3.05) is 18.5 Å². The Balaban J connectivity index is 1.80. The van der Waals surface area contributed by atoms with Crippen LogP contribution in [0.3, 0.4) is 0 Å². The molecule has 0 aromatic carbocycles. The van der Waals surface area contributed by atoms with E-state index in [0.29, 0.717) is 5.28 Å². The fraction of sp³-hybridized carbons (Fsp3) is 0.571. The molecule has 1 unspecified atom stereocenters. The summed E-state index contributed by atoms with van der Waals surface area (Å²) >= 11 is 7.69. The van der Waals surface area contributed by atoms with Crippen LogP contribution < -0.4 is 5.32 Å². The van der Waals surface area contributed by atoms with Crippen LogP contribution >= 0.6 is 22.9 Å². The SMILES string of the molecule is CCc1cc2c(NCC3CCCCO3)nc(Cl)nc2s1. The Hall–Kier alpha value is -0.910. The van der Waals surface area contributed by atoms with Gasteiger partial charge >= 0.3 is 0 Å². The van der Waals surface area contributed by atoms with Gasteiger partial charge in [-0.15, -0.1) is 11.3 Å². The van der Waals surface area contributed by atoms with Gasteiger partial charge in [-0.2, -0.15) is 0 Å². The average Bonchev–Trinajstić information content (AvgIpc) is 2.88. The standard InChI is InChI=1S/C14H18ClN3OS/c1-2-10-7-11-12(17-14(15)18-13(11)20-10)16-8-9-5-3-4-6-19-9/h7,9H,2-6,8H2,1H3,(H,16,17,18). The molecule has 0 saturated carbocycles. The number of nitrogens with zero attached hydrogens (tertiary/aromatic N) is 2. The first-order valence-corrected chi connectivity index (χ1v) is 8.27. The van der Waals surface area contributed by atoms with Gasteiger partial charge in [0.1, 0.15) is 10.6 Å². The third kappa shape index (κ3) is 3.05. The second kappa shape index (κ2) is 6.24. The van der Waals surface area contributed by atoms with Crippen LogP contribution in [0.1, 0.15) is 31.1 Å². The third-order valence-electron chi connectivity index (χ3n) is 3.54. The summed E-state index contributed by atoms with van der Waals surface area (Å²) in [4.78, 5) is 10.9.